The molecule has 2 heterocycles. The number of pyridine rings is 1. The molecule has 0 aliphatic heterocycles. The van der Waals surface area contributed by atoms with Crippen LogP contribution < -0.4 is 0 Å². The third-order valence-corrected chi connectivity index (χ3v) is 4.78. The Morgan fingerprint density at radius 3 is 2.75 bits per heavy atom. The van der Waals surface area contributed by atoms with Crippen LogP contribution in [0.2, 0.25) is 0 Å². The van der Waals surface area contributed by atoms with Crippen LogP contribution in [-0.2, 0) is 12.5 Å². The normalized spacial score (nSPS) is 17.0. The highest BCUT2D eigenvalue weighted by molar-refractivity contribution is 6.07. The maximum Gasteiger partial charge on any atom is 0.0823 e. The SMILES string of the molecule is Cn1c2ccncc2c2ccc(C3(C#N)CCC3)cc21. The summed E-state index contributed by atoms with van der Waals surface area (Å²) in [4.78, 5) is 4.23. The summed E-state index contributed by atoms with van der Waals surface area (Å²) in [6.45, 7) is 0. The minimum atomic E-state index is -0.247. The van der Waals surface area contributed by atoms with Gasteiger partial charge in [0.05, 0.1) is 17.0 Å². The predicted octanol–water partition coefficient (Wildman–Crippen LogP) is 3.67. The molecule has 20 heavy (non-hydrogen) atoms. The lowest BCUT2D eigenvalue weighted by Gasteiger charge is -2.35. The molecule has 1 aliphatic carbocycles. The molecule has 0 saturated heterocycles. The second-order valence-corrected chi connectivity index (χ2v) is 5.73. The topological polar surface area (TPSA) is 41.6 Å². The van der Waals surface area contributed by atoms with Gasteiger partial charge in [0.1, 0.15) is 0 Å². The number of fused-ring (bicyclic) bond motifs is 3. The molecule has 98 valence electrons. The van der Waals surface area contributed by atoms with Gasteiger partial charge in [-0.1, -0.05) is 12.1 Å². The van der Waals surface area contributed by atoms with Gasteiger partial charge < -0.3 is 4.57 Å². The fraction of sp³-hybridized carbons (Fsp3) is 0.294. The van der Waals surface area contributed by atoms with Gasteiger partial charge in [0.25, 0.3) is 0 Å². The van der Waals surface area contributed by atoms with Crippen LogP contribution in [0.3, 0.4) is 0 Å². The van der Waals surface area contributed by atoms with Crippen LogP contribution in [-0.4, -0.2) is 9.55 Å². The van der Waals surface area contributed by atoms with E-state index < -0.39 is 0 Å². The smallest absolute Gasteiger partial charge is 0.0823 e. The summed E-state index contributed by atoms with van der Waals surface area (Å²) < 4.78 is 2.19. The zero-order valence-corrected chi connectivity index (χ0v) is 11.4. The number of nitriles is 1. The van der Waals surface area contributed by atoms with Crippen molar-refractivity contribution < 1.29 is 0 Å². The fourth-order valence-corrected chi connectivity index (χ4v) is 3.35. The number of aryl methyl sites for hydroxylation is 1. The van der Waals surface area contributed by atoms with E-state index in [1.807, 2.05) is 18.5 Å². The lowest BCUT2D eigenvalue weighted by Crippen LogP contribution is -2.32. The number of nitrogens with zero attached hydrogens (tertiary/aromatic N) is 3. The third kappa shape index (κ3) is 1.31. The second-order valence-electron chi connectivity index (χ2n) is 5.73. The molecule has 0 radical (unpaired) electrons. The van der Waals surface area contributed by atoms with Gasteiger partial charge in [0.2, 0.25) is 0 Å². The maximum absolute atomic E-state index is 9.50. The van der Waals surface area contributed by atoms with Crippen LogP contribution >= 0.6 is 0 Å². The van der Waals surface area contributed by atoms with Crippen molar-refractivity contribution >= 4 is 21.8 Å². The van der Waals surface area contributed by atoms with Gasteiger partial charge >= 0.3 is 0 Å². The van der Waals surface area contributed by atoms with Gasteiger partial charge in [-0.3, -0.25) is 4.98 Å². The van der Waals surface area contributed by atoms with Crippen molar-refractivity contribution in [2.45, 2.75) is 24.7 Å². The average molecular weight is 261 g/mol. The van der Waals surface area contributed by atoms with Gasteiger partial charge in [-0.2, -0.15) is 5.26 Å². The van der Waals surface area contributed by atoms with Gasteiger partial charge in [-0.05, 0) is 37.0 Å². The Balaban J connectivity index is 2.03. The molecule has 0 unspecified atom stereocenters. The van der Waals surface area contributed by atoms with E-state index in [1.165, 1.54) is 21.8 Å². The Kier molecular flexibility index (Phi) is 2.20. The van der Waals surface area contributed by atoms with Gasteiger partial charge in [-0.25, -0.2) is 0 Å². The Hall–Kier alpha value is -2.34. The first-order chi connectivity index (χ1) is 9.75. The molecular weight excluding hydrogens is 246 g/mol. The lowest BCUT2D eigenvalue weighted by atomic mass is 9.65. The Morgan fingerprint density at radius 1 is 1.20 bits per heavy atom. The fourth-order valence-electron chi connectivity index (χ4n) is 3.35. The van der Waals surface area contributed by atoms with Gasteiger partial charge in [-0.15, -0.1) is 0 Å². The summed E-state index contributed by atoms with van der Waals surface area (Å²) >= 11 is 0. The summed E-state index contributed by atoms with van der Waals surface area (Å²) in [5.74, 6) is 0. The first kappa shape index (κ1) is 11.5. The van der Waals surface area contributed by atoms with E-state index in [9.17, 15) is 5.26 Å². The van der Waals surface area contributed by atoms with Crippen LogP contribution in [0.5, 0.6) is 0 Å². The number of hydrogen-bond donors (Lipinski definition) is 0. The Bertz CT molecular complexity index is 863. The van der Waals surface area contributed by atoms with Crippen molar-refractivity contribution in [2.24, 2.45) is 7.05 Å². The number of benzene rings is 1. The van der Waals surface area contributed by atoms with E-state index in [0.29, 0.717) is 0 Å². The molecule has 1 aromatic carbocycles. The molecule has 0 spiro atoms. The van der Waals surface area contributed by atoms with Crippen LogP contribution in [0, 0.1) is 11.3 Å². The summed E-state index contributed by atoms with van der Waals surface area (Å²) in [5, 5.41) is 11.9. The van der Waals surface area contributed by atoms with Crippen molar-refractivity contribution in [3.05, 3.63) is 42.2 Å². The number of rotatable bonds is 1. The zero-order valence-electron chi connectivity index (χ0n) is 11.4. The highest BCUT2D eigenvalue weighted by Crippen LogP contribution is 2.44. The zero-order chi connectivity index (χ0) is 13.7. The number of aromatic nitrogens is 2. The minimum Gasteiger partial charge on any atom is -0.344 e. The van der Waals surface area contributed by atoms with Crippen LogP contribution in [0.4, 0.5) is 0 Å². The van der Waals surface area contributed by atoms with E-state index in [1.54, 1.807) is 0 Å². The molecule has 0 N–H and O–H groups in total. The molecule has 0 bridgehead atoms. The van der Waals surface area contributed by atoms with Crippen LogP contribution in [0.15, 0.2) is 36.7 Å². The van der Waals surface area contributed by atoms with E-state index in [4.69, 9.17) is 0 Å². The molecule has 2 aromatic heterocycles. The van der Waals surface area contributed by atoms with E-state index in [-0.39, 0.29) is 5.41 Å². The standard InChI is InChI=1S/C17H15N3/c1-20-15-5-8-19-10-14(15)13-4-3-12(9-16(13)20)17(11-18)6-2-7-17/h3-5,8-10H,2,6-7H2,1H3. The Morgan fingerprint density at radius 2 is 2.05 bits per heavy atom. The molecule has 1 aliphatic rings. The van der Waals surface area contributed by atoms with Crippen LogP contribution in [0.25, 0.3) is 21.8 Å². The molecule has 3 heteroatoms. The third-order valence-electron chi connectivity index (χ3n) is 4.78. The maximum atomic E-state index is 9.50. The molecule has 4 rings (SSSR count). The first-order valence-corrected chi connectivity index (χ1v) is 6.99. The summed E-state index contributed by atoms with van der Waals surface area (Å²) in [6, 6.07) is 11.0. The van der Waals surface area contributed by atoms with E-state index in [2.05, 4.69) is 40.9 Å². The van der Waals surface area contributed by atoms with Gasteiger partial charge in [0, 0.05) is 35.7 Å². The molecule has 1 fully saturated rings. The van der Waals surface area contributed by atoms with Gasteiger partial charge in [0.15, 0.2) is 0 Å². The van der Waals surface area contributed by atoms with E-state index >= 15 is 0 Å². The lowest BCUT2D eigenvalue weighted by molar-refractivity contribution is 0.324. The highest BCUT2D eigenvalue weighted by Gasteiger charge is 2.39. The highest BCUT2D eigenvalue weighted by atomic mass is 14.9. The van der Waals surface area contributed by atoms with E-state index in [0.717, 1.165) is 24.8 Å². The molecule has 3 aromatic rings. The molecule has 3 nitrogen and oxygen atoms in total. The number of hydrogen-bond acceptors (Lipinski definition) is 2. The van der Waals surface area contributed by atoms with Crippen molar-refractivity contribution in [1.29, 1.82) is 5.26 Å². The second kappa shape index (κ2) is 3.83. The summed E-state index contributed by atoms with van der Waals surface area (Å²) in [5.41, 5.74) is 3.29. The Labute approximate surface area is 117 Å². The quantitative estimate of drug-likeness (QED) is 0.670. The predicted molar refractivity (Wildman–Crippen MR) is 79.4 cm³/mol. The van der Waals surface area contributed by atoms with Crippen molar-refractivity contribution in [3.63, 3.8) is 0 Å². The molecule has 0 atom stereocenters. The van der Waals surface area contributed by atoms with Crippen molar-refractivity contribution in [2.75, 3.05) is 0 Å². The minimum absolute atomic E-state index is 0.247. The summed E-state index contributed by atoms with van der Waals surface area (Å²) in [6.07, 6.45) is 6.87. The van der Waals surface area contributed by atoms with Crippen LogP contribution in [0.1, 0.15) is 24.8 Å². The van der Waals surface area contributed by atoms with Crippen molar-refractivity contribution in [1.82, 2.24) is 9.55 Å². The molecular formula is C17H15N3. The monoisotopic (exact) mass is 261 g/mol. The van der Waals surface area contributed by atoms with Crippen molar-refractivity contribution in [3.8, 4) is 6.07 Å². The molecule has 0 amide bonds. The summed E-state index contributed by atoms with van der Waals surface area (Å²) in [7, 11) is 2.08. The molecule has 1 saturated carbocycles. The average Bonchev–Trinajstić information content (AvgIpc) is 2.73. The largest absolute Gasteiger partial charge is 0.344 e. The first-order valence-electron chi connectivity index (χ1n) is 6.99.